The SMILES string of the molecule is CC(C)CCC(C)NC(=O)NCCC(C)CCC(=O)O. The molecule has 0 bridgehead atoms. The molecule has 2 amide bonds. The lowest BCUT2D eigenvalue weighted by atomic mass is 10.0. The van der Waals surface area contributed by atoms with Crippen molar-refractivity contribution in [2.24, 2.45) is 11.8 Å². The number of rotatable bonds is 10. The summed E-state index contributed by atoms with van der Waals surface area (Å²) in [6, 6.07) is 0.0496. The monoisotopic (exact) mass is 286 g/mol. The normalized spacial score (nSPS) is 13.8. The van der Waals surface area contributed by atoms with Crippen LogP contribution in [-0.4, -0.2) is 29.7 Å². The predicted octanol–water partition coefficient (Wildman–Crippen LogP) is 3.00. The van der Waals surface area contributed by atoms with Crippen molar-refractivity contribution in [3.05, 3.63) is 0 Å². The standard InChI is InChI=1S/C15H30N2O3/c1-11(2)5-7-13(4)17-15(20)16-10-9-12(3)6-8-14(18)19/h11-13H,5-10H2,1-4H3,(H,18,19)(H2,16,17,20). The van der Waals surface area contributed by atoms with Crippen molar-refractivity contribution in [3.8, 4) is 0 Å². The summed E-state index contributed by atoms with van der Waals surface area (Å²) < 4.78 is 0. The van der Waals surface area contributed by atoms with Gasteiger partial charge in [0.15, 0.2) is 0 Å². The van der Waals surface area contributed by atoms with Gasteiger partial charge >= 0.3 is 12.0 Å². The Bertz CT molecular complexity index is 293. The highest BCUT2D eigenvalue weighted by Crippen LogP contribution is 2.09. The molecule has 2 atom stereocenters. The largest absolute Gasteiger partial charge is 0.481 e. The zero-order chi connectivity index (χ0) is 15.5. The van der Waals surface area contributed by atoms with Crippen LogP contribution in [0.25, 0.3) is 0 Å². The molecular weight excluding hydrogens is 256 g/mol. The van der Waals surface area contributed by atoms with E-state index in [0.717, 1.165) is 19.3 Å². The Morgan fingerprint density at radius 1 is 1.00 bits per heavy atom. The minimum Gasteiger partial charge on any atom is -0.481 e. The van der Waals surface area contributed by atoms with Crippen LogP contribution in [0, 0.1) is 11.8 Å². The molecule has 0 saturated carbocycles. The number of amides is 2. The Kier molecular flexibility index (Phi) is 9.86. The van der Waals surface area contributed by atoms with E-state index in [2.05, 4.69) is 24.5 Å². The van der Waals surface area contributed by atoms with Gasteiger partial charge in [0, 0.05) is 19.0 Å². The van der Waals surface area contributed by atoms with Gasteiger partial charge < -0.3 is 15.7 Å². The molecular formula is C15H30N2O3. The summed E-state index contributed by atoms with van der Waals surface area (Å²) in [4.78, 5) is 22.1. The maximum Gasteiger partial charge on any atom is 0.314 e. The Morgan fingerprint density at radius 2 is 1.65 bits per heavy atom. The lowest BCUT2D eigenvalue weighted by molar-refractivity contribution is -0.137. The molecule has 5 nitrogen and oxygen atoms in total. The van der Waals surface area contributed by atoms with Gasteiger partial charge in [-0.3, -0.25) is 4.79 Å². The smallest absolute Gasteiger partial charge is 0.314 e. The number of carbonyl (C=O) groups is 2. The molecule has 0 aliphatic rings. The van der Waals surface area contributed by atoms with E-state index in [1.165, 1.54) is 0 Å². The topological polar surface area (TPSA) is 78.4 Å². The Hall–Kier alpha value is -1.26. The fraction of sp³-hybridized carbons (Fsp3) is 0.867. The fourth-order valence-corrected chi connectivity index (χ4v) is 1.88. The molecule has 0 saturated heterocycles. The number of nitrogens with one attached hydrogen (secondary N) is 2. The highest BCUT2D eigenvalue weighted by Gasteiger charge is 2.09. The number of urea groups is 1. The molecule has 0 aromatic rings. The van der Waals surface area contributed by atoms with Gasteiger partial charge in [-0.1, -0.05) is 20.8 Å². The van der Waals surface area contributed by atoms with Crippen molar-refractivity contribution < 1.29 is 14.7 Å². The molecule has 0 heterocycles. The molecule has 0 aromatic carbocycles. The second kappa shape index (κ2) is 10.5. The van der Waals surface area contributed by atoms with E-state index in [0.29, 0.717) is 24.8 Å². The van der Waals surface area contributed by atoms with E-state index in [4.69, 9.17) is 5.11 Å². The zero-order valence-electron chi connectivity index (χ0n) is 13.2. The number of aliphatic carboxylic acids is 1. The van der Waals surface area contributed by atoms with Gasteiger partial charge in [0.25, 0.3) is 0 Å². The van der Waals surface area contributed by atoms with Crippen LogP contribution in [0.3, 0.4) is 0 Å². The quantitative estimate of drug-likeness (QED) is 0.577. The summed E-state index contributed by atoms with van der Waals surface area (Å²) in [6.07, 6.45) is 3.75. The minimum atomic E-state index is -0.762. The third-order valence-corrected chi connectivity index (χ3v) is 3.33. The Labute approximate surface area is 122 Å². The van der Waals surface area contributed by atoms with E-state index in [1.54, 1.807) is 0 Å². The molecule has 5 heteroatoms. The van der Waals surface area contributed by atoms with Crippen LogP contribution in [0.2, 0.25) is 0 Å². The highest BCUT2D eigenvalue weighted by molar-refractivity contribution is 5.74. The molecule has 2 unspecified atom stereocenters. The van der Waals surface area contributed by atoms with Crippen LogP contribution in [0.1, 0.15) is 59.8 Å². The molecule has 0 radical (unpaired) electrons. The zero-order valence-corrected chi connectivity index (χ0v) is 13.2. The number of hydrogen-bond donors (Lipinski definition) is 3. The van der Waals surface area contributed by atoms with Gasteiger partial charge in [-0.25, -0.2) is 4.79 Å². The number of carbonyl (C=O) groups excluding carboxylic acids is 1. The van der Waals surface area contributed by atoms with Crippen LogP contribution in [0.4, 0.5) is 4.79 Å². The first-order valence-corrected chi connectivity index (χ1v) is 7.57. The summed E-state index contributed by atoms with van der Waals surface area (Å²) >= 11 is 0. The molecule has 3 N–H and O–H groups in total. The van der Waals surface area contributed by atoms with Gasteiger partial charge in [-0.15, -0.1) is 0 Å². The average Bonchev–Trinajstić information content (AvgIpc) is 2.33. The van der Waals surface area contributed by atoms with Crippen LogP contribution in [0.15, 0.2) is 0 Å². The van der Waals surface area contributed by atoms with Gasteiger partial charge in [-0.2, -0.15) is 0 Å². The second-order valence-corrected chi connectivity index (χ2v) is 6.10. The van der Waals surface area contributed by atoms with E-state index >= 15 is 0 Å². The van der Waals surface area contributed by atoms with Crippen LogP contribution < -0.4 is 10.6 Å². The van der Waals surface area contributed by atoms with Crippen molar-refractivity contribution in [3.63, 3.8) is 0 Å². The van der Waals surface area contributed by atoms with E-state index in [-0.39, 0.29) is 18.5 Å². The third kappa shape index (κ3) is 11.8. The lowest BCUT2D eigenvalue weighted by Gasteiger charge is -2.16. The molecule has 0 aromatic heterocycles. The first-order valence-electron chi connectivity index (χ1n) is 7.57. The summed E-state index contributed by atoms with van der Waals surface area (Å²) in [5.41, 5.74) is 0. The molecule has 118 valence electrons. The van der Waals surface area contributed by atoms with Crippen LogP contribution >= 0.6 is 0 Å². The van der Waals surface area contributed by atoms with Crippen molar-refractivity contribution in [1.29, 1.82) is 0 Å². The molecule has 0 spiro atoms. The van der Waals surface area contributed by atoms with Gasteiger partial charge in [-0.05, 0) is 44.4 Å². The molecule has 0 aliphatic heterocycles. The van der Waals surface area contributed by atoms with Crippen molar-refractivity contribution >= 4 is 12.0 Å². The second-order valence-electron chi connectivity index (χ2n) is 6.10. The Balaban J connectivity index is 3.64. The van der Waals surface area contributed by atoms with E-state index in [1.807, 2.05) is 13.8 Å². The van der Waals surface area contributed by atoms with Gasteiger partial charge in [0.05, 0.1) is 0 Å². The summed E-state index contributed by atoms with van der Waals surface area (Å²) in [5, 5.41) is 14.3. The predicted molar refractivity (Wildman–Crippen MR) is 80.7 cm³/mol. The fourth-order valence-electron chi connectivity index (χ4n) is 1.88. The first-order chi connectivity index (χ1) is 9.31. The number of carboxylic acid groups (broad SMARTS) is 1. The van der Waals surface area contributed by atoms with Crippen molar-refractivity contribution in [1.82, 2.24) is 10.6 Å². The molecule has 0 rings (SSSR count). The van der Waals surface area contributed by atoms with Gasteiger partial charge in [0.2, 0.25) is 0 Å². The maximum absolute atomic E-state index is 11.6. The minimum absolute atomic E-state index is 0.133. The summed E-state index contributed by atoms with van der Waals surface area (Å²) in [5.74, 6) is 0.198. The van der Waals surface area contributed by atoms with Crippen LogP contribution in [-0.2, 0) is 4.79 Å². The number of carboxylic acids is 1. The highest BCUT2D eigenvalue weighted by atomic mass is 16.4. The van der Waals surface area contributed by atoms with Crippen molar-refractivity contribution in [2.45, 2.75) is 65.8 Å². The van der Waals surface area contributed by atoms with Crippen LogP contribution in [0.5, 0.6) is 0 Å². The third-order valence-electron chi connectivity index (χ3n) is 3.33. The average molecular weight is 286 g/mol. The lowest BCUT2D eigenvalue weighted by Crippen LogP contribution is -2.41. The maximum atomic E-state index is 11.6. The molecule has 0 aliphatic carbocycles. The first kappa shape index (κ1) is 18.7. The number of hydrogen-bond acceptors (Lipinski definition) is 2. The molecule has 20 heavy (non-hydrogen) atoms. The Morgan fingerprint density at radius 3 is 2.20 bits per heavy atom. The van der Waals surface area contributed by atoms with Crippen molar-refractivity contribution in [2.75, 3.05) is 6.54 Å². The summed E-state index contributed by atoms with van der Waals surface area (Å²) in [7, 11) is 0. The van der Waals surface area contributed by atoms with Gasteiger partial charge in [0.1, 0.15) is 0 Å². The van der Waals surface area contributed by atoms with E-state index in [9.17, 15) is 9.59 Å². The molecule has 0 fully saturated rings. The summed E-state index contributed by atoms with van der Waals surface area (Å²) in [6.45, 7) is 8.95. The van der Waals surface area contributed by atoms with E-state index < -0.39 is 5.97 Å².